The number of anilines is 3. The van der Waals surface area contributed by atoms with Crippen molar-refractivity contribution in [3.63, 3.8) is 0 Å². The average molecular weight is 1260 g/mol. The Labute approximate surface area is 575 Å². The number of hydrogen-bond donors (Lipinski definition) is 0. The van der Waals surface area contributed by atoms with Gasteiger partial charge in [0.15, 0.2) is 0 Å². The van der Waals surface area contributed by atoms with Gasteiger partial charge in [0.05, 0.1) is 33.2 Å². The predicted molar refractivity (Wildman–Crippen MR) is 417 cm³/mol. The van der Waals surface area contributed by atoms with Crippen molar-refractivity contribution < 1.29 is 0 Å². The second-order valence-corrected chi connectivity index (χ2v) is 33.0. The fraction of sp³-hybridized carbons (Fsp3) is 0.226. The first-order chi connectivity index (χ1) is 46.3. The lowest BCUT2D eigenvalue weighted by Gasteiger charge is -2.49. The van der Waals surface area contributed by atoms with Gasteiger partial charge in [-0.1, -0.05) is 291 Å². The van der Waals surface area contributed by atoms with E-state index in [-0.39, 0.29) is 33.8 Å². The molecule has 2 aliphatic rings. The fourth-order valence-corrected chi connectivity index (χ4v) is 16.4. The smallest absolute Gasteiger partial charge is 0.247 e. The molecule has 2 aromatic heterocycles. The zero-order chi connectivity index (χ0) is 67.5. The summed E-state index contributed by atoms with van der Waals surface area (Å²) in [6.45, 7) is 35.0. The molecule has 3 nitrogen and oxygen atoms in total. The Morgan fingerprint density at radius 2 is 0.660 bits per heavy atom. The standard InChI is InChI=1S/C93H88BN3/c1-88(2,3)63-39-47-80-72(51-63)73-52-64(89(4,5)6)40-48-81(73)95(80)68-43-45-78-76(57-68)93(61-33-24-18-25-34-61,62-35-26-19-27-36-62)77-55-67(92(13,14)15)56-85-86(77)94(78)79-46-44-69(96-82-49-41-65(90(7,8)9)53-74(82)75-54-66(91(10,11)12)42-50-83(75)96)58-84(79)97(85)87-70(59-29-20-16-21-30-59)37-28-38-71(87)60-31-22-17-23-32-60/h16-58H,1-15H3. The molecule has 12 aromatic carbocycles. The first kappa shape index (κ1) is 61.9. The van der Waals surface area contributed by atoms with Crippen molar-refractivity contribution >= 4 is 83.8 Å². The van der Waals surface area contributed by atoms with Crippen LogP contribution in [0, 0.1) is 0 Å². The largest absolute Gasteiger partial charge is 0.310 e. The van der Waals surface area contributed by atoms with Crippen molar-refractivity contribution in [3.05, 3.63) is 311 Å². The maximum Gasteiger partial charge on any atom is 0.247 e. The van der Waals surface area contributed by atoms with Gasteiger partial charge in [-0.2, -0.15) is 0 Å². The highest BCUT2D eigenvalue weighted by atomic mass is 15.2. The summed E-state index contributed by atoms with van der Waals surface area (Å²) in [6.07, 6.45) is 0. The second kappa shape index (κ2) is 22.1. The van der Waals surface area contributed by atoms with E-state index in [2.05, 4.69) is 379 Å². The average Bonchev–Trinajstić information content (AvgIpc) is 1.27. The Morgan fingerprint density at radius 1 is 0.289 bits per heavy atom. The molecule has 0 saturated heterocycles. The zero-order valence-corrected chi connectivity index (χ0v) is 59.2. The number of fused-ring (bicyclic) bond motifs is 10. The van der Waals surface area contributed by atoms with Gasteiger partial charge in [0, 0.05) is 55.4 Å². The molecule has 0 aliphatic carbocycles. The Balaban J connectivity index is 1.07. The van der Waals surface area contributed by atoms with Crippen molar-refractivity contribution in [2.45, 2.75) is 136 Å². The lowest BCUT2D eigenvalue weighted by molar-refractivity contribution is 0.587. The van der Waals surface area contributed by atoms with Crippen molar-refractivity contribution in [2.75, 3.05) is 4.90 Å². The molecular formula is C93H88BN3. The second-order valence-electron chi connectivity index (χ2n) is 33.0. The van der Waals surface area contributed by atoms with E-state index in [1.165, 1.54) is 127 Å². The summed E-state index contributed by atoms with van der Waals surface area (Å²) in [5.41, 5.74) is 29.6. The van der Waals surface area contributed by atoms with E-state index in [0.717, 1.165) is 33.9 Å². The molecule has 16 rings (SSSR count). The summed E-state index contributed by atoms with van der Waals surface area (Å²) in [5, 5.41) is 5.11. The maximum atomic E-state index is 2.73. The summed E-state index contributed by atoms with van der Waals surface area (Å²) in [4.78, 5) is 2.73. The van der Waals surface area contributed by atoms with Gasteiger partial charge in [-0.25, -0.2) is 0 Å². The topological polar surface area (TPSA) is 13.1 Å². The minimum Gasteiger partial charge on any atom is -0.310 e. The third-order valence-corrected chi connectivity index (χ3v) is 21.6. The molecule has 0 saturated carbocycles. The highest BCUT2D eigenvalue weighted by molar-refractivity contribution is 6.99. The third-order valence-electron chi connectivity index (χ3n) is 21.6. The van der Waals surface area contributed by atoms with Gasteiger partial charge in [0.2, 0.25) is 6.71 Å². The van der Waals surface area contributed by atoms with Crippen LogP contribution in [0.2, 0.25) is 0 Å². The van der Waals surface area contributed by atoms with Crippen molar-refractivity contribution in [1.29, 1.82) is 0 Å². The molecule has 0 atom stereocenters. The first-order valence-electron chi connectivity index (χ1n) is 35.1. The van der Waals surface area contributed by atoms with E-state index in [4.69, 9.17) is 0 Å². The van der Waals surface area contributed by atoms with Crippen LogP contribution in [-0.4, -0.2) is 15.8 Å². The number of hydrogen-bond acceptors (Lipinski definition) is 1. The normalized spacial score (nSPS) is 14.0. The summed E-state index contributed by atoms with van der Waals surface area (Å²) in [6, 6.07) is 102. The van der Waals surface area contributed by atoms with E-state index in [0.29, 0.717) is 0 Å². The molecule has 97 heavy (non-hydrogen) atoms. The van der Waals surface area contributed by atoms with Gasteiger partial charge in [0.25, 0.3) is 0 Å². The lowest BCUT2D eigenvalue weighted by atomic mass is 9.29. The highest BCUT2D eigenvalue weighted by Gasteiger charge is 2.53. The van der Waals surface area contributed by atoms with Crippen LogP contribution in [-0.2, 0) is 32.5 Å². The van der Waals surface area contributed by atoms with E-state index in [9.17, 15) is 0 Å². The predicted octanol–water partition coefficient (Wildman–Crippen LogP) is 22.7. The van der Waals surface area contributed by atoms with E-state index < -0.39 is 5.41 Å². The molecule has 478 valence electrons. The van der Waals surface area contributed by atoms with Crippen LogP contribution in [0.1, 0.15) is 154 Å². The van der Waals surface area contributed by atoms with Crippen molar-refractivity contribution in [3.8, 4) is 33.6 Å². The molecule has 0 radical (unpaired) electrons. The van der Waals surface area contributed by atoms with E-state index >= 15 is 0 Å². The molecule has 0 bridgehead atoms. The molecular weight excluding hydrogens is 1170 g/mol. The highest BCUT2D eigenvalue weighted by Crippen LogP contribution is 2.55. The number of aromatic nitrogens is 2. The molecule has 0 unspecified atom stereocenters. The maximum absolute atomic E-state index is 2.73. The number of rotatable bonds is 7. The van der Waals surface area contributed by atoms with Gasteiger partial charge in [-0.3, -0.25) is 0 Å². The Kier molecular flexibility index (Phi) is 14.1. The van der Waals surface area contributed by atoms with Gasteiger partial charge in [-0.05, 0) is 178 Å². The molecule has 14 aromatic rings. The quantitative estimate of drug-likeness (QED) is 0.145. The van der Waals surface area contributed by atoms with Crippen LogP contribution >= 0.6 is 0 Å². The summed E-state index contributed by atoms with van der Waals surface area (Å²) in [5.74, 6) is 0. The van der Waals surface area contributed by atoms with Gasteiger partial charge >= 0.3 is 0 Å². The zero-order valence-electron chi connectivity index (χ0n) is 59.2. The third kappa shape index (κ3) is 9.89. The Hall–Kier alpha value is -9.90. The van der Waals surface area contributed by atoms with Crippen LogP contribution in [0.5, 0.6) is 0 Å². The van der Waals surface area contributed by atoms with Crippen LogP contribution in [0.25, 0.3) is 77.2 Å². The Morgan fingerprint density at radius 3 is 1.05 bits per heavy atom. The number of benzene rings is 12. The van der Waals surface area contributed by atoms with Crippen LogP contribution in [0.3, 0.4) is 0 Å². The number of nitrogens with zero attached hydrogens (tertiary/aromatic N) is 3. The number of para-hydroxylation sites is 1. The van der Waals surface area contributed by atoms with Crippen LogP contribution in [0.15, 0.2) is 261 Å². The molecule has 0 amide bonds. The summed E-state index contributed by atoms with van der Waals surface area (Å²) >= 11 is 0. The van der Waals surface area contributed by atoms with Crippen molar-refractivity contribution in [2.24, 2.45) is 0 Å². The first-order valence-corrected chi connectivity index (χ1v) is 35.1. The van der Waals surface area contributed by atoms with Gasteiger partial charge in [-0.15, -0.1) is 0 Å². The SMILES string of the molecule is CC(C)(C)c1cc2c3c(c1)C(c1ccccc1)(c1ccccc1)c1cc(-n4c5ccc(C(C)(C)C)cc5c5cc(C(C)(C)C)ccc54)ccc1B3c1ccc(-n3c4ccc(C(C)(C)C)cc4c4cc(C(C)(C)C)ccc43)cc1N2c1c(-c2ccccc2)cccc1-c1ccccc1. The molecule has 0 N–H and O–H groups in total. The molecule has 0 fully saturated rings. The molecule has 4 heteroatoms. The Bertz CT molecular complexity index is 5220. The molecule has 4 heterocycles. The van der Waals surface area contributed by atoms with Crippen LogP contribution in [0.4, 0.5) is 17.1 Å². The van der Waals surface area contributed by atoms with Gasteiger partial charge < -0.3 is 14.0 Å². The van der Waals surface area contributed by atoms with Crippen LogP contribution < -0.4 is 21.3 Å². The lowest BCUT2D eigenvalue weighted by Crippen LogP contribution is -2.65. The van der Waals surface area contributed by atoms with Crippen molar-refractivity contribution in [1.82, 2.24) is 9.13 Å². The summed E-state index contributed by atoms with van der Waals surface area (Å²) < 4.78 is 5.14. The molecule has 2 aliphatic heterocycles. The summed E-state index contributed by atoms with van der Waals surface area (Å²) in [7, 11) is 0. The fourth-order valence-electron chi connectivity index (χ4n) is 16.4. The molecule has 0 spiro atoms. The monoisotopic (exact) mass is 1260 g/mol. The van der Waals surface area contributed by atoms with E-state index in [1.807, 2.05) is 0 Å². The minimum atomic E-state index is -0.807. The minimum absolute atomic E-state index is 0.0334. The van der Waals surface area contributed by atoms with Gasteiger partial charge in [0.1, 0.15) is 0 Å². The van der Waals surface area contributed by atoms with E-state index in [1.54, 1.807) is 0 Å².